The first kappa shape index (κ1) is 21.8. The second kappa shape index (κ2) is 16.6. The summed E-state index contributed by atoms with van der Waals surface area (Å²) in [4.78, 5) is 10.0. The maximum Gasteiger partial charge on any atom is 1.00 e. The third kappa shape index (κ3) is 16.5. The zero-order valence-electron chi connectivity index (χ0n) is 13.0. The monoisotopic (exact) mass is 286 g/mol. The van der Waals surface area contributed by atoms with Crippen molar-refractivity contribution in [3.8, 4) is 0 Å². The smallest absolute Gasteiger partial charge is 0.343 e. The first-order valence-corrected chi connectivity index (χ1v) is 7.03. The minimum absolute atomic E-state index is 0. The predicted octanol–water partition coefficient (Wildman–Crippen LogP) is 2.00. The number of hydrogen-bond donors (Lipinski definition) is 0. The second-order valence-electron chi connectivity index (χ2n) is 4.60. The Kier molecular flexibility index (Phi) is 19.0. The minimum atomic E-state index is 0. The Morgan fingerprint density at radius 3 is 2.16 bits per heavy atom. The van der Waals surface area contributed by atoms with Crippen LogP contribution in [-0.2, 0) is 11.2 Å². The number of Topliss-reactive ketones (excluding diaryl/α,β-unsaturated/α-hetero) is 1. The number of unbranched alkanes of at least 4 members (excludes halogenated alkanes) is 3. The van der Waals surface area contributed by atoms with Crippen LogP contribution in [0.25, 0.3) is 0 Å². The van der Waals surface area contributed by atoms with E-state index in [9.17, 15) is 4.79 Å². The quantitative estimate of drug-likeness (QED) is 0.426. The van der Waals surface area contributed by atoms with E-state index in [1.165, 1.54) is 37.7 Å². The minimum Gasteiger partial charge on any atom is -0.343 e. The molecular formula is C17H27KO. The molecule has 19 heavy (non-hydrogen) atoms. The molecule has 0 aromatic heterocycles. The molecule has 0 saturated heterocycles. The van der Waals surface area contributed by atoms with E-state index in [1.807, 2.05) is 0 Å². The Morgan fingerprint density at radius 2 is 1.74 bits per heavy atom. The van der Waals surface area contributed by atoms with Crippen molar-refractivity contribution >= 4 is 5.78 Å². The predicted molar refractivity (Wildman–Crippen MR) is 79.6 cm³/mol. The van der Waals surface area contributed by atoms with Crippen LogP contribution in [0.2, 0.25) is 0 Å². The van der Waals surface area contributed by atoms with Crippen LogP contribution in [0.4, 0.5) is 0 Å². The van der Waals surface area contributed by atoms with Crippen molar-refractivity contribution in [2.75, 3.05) is 0 Å². The molecule has 0 atom stereocenters. The van der Waals surface area contributed by atoms with Gasteiger partial charge in [0.05, 0.1) is 0 Å². The molecule has 0 saturated carbocycles. The number of benzene rings is 1. The third-order valence-electron chi connectivity index (χ3n) is 2.69. The zero-order chi connectivity index (χ0) is 13.6. The van der Waals surface area contributed by atoms with Crippen LogP contribution in [0.5, 0.6) is 0 Å². The van der Waals surface area contributed by atoms with E-state index in [4.69, 9.17) is 0 Å². The largest absolute Gasteiger partial charge is 1.00 e. The van der Waals surface area contributed by atoms with Gasteiger partial charge in [0, 0.05) is 0 Å². The Labute approximate surface area is 162 Å². The van der Waals surface area contributed by atoms with E-state index < -0.39 is 0 Å². The Morgan fingerprint density at radius 1 is 1.11 bits per heavy atom. The van der Waals surface area contributed by atoms with Gasteiger partial charge in [-0.05, 0) is 31.7 Å². The molecule has 0 aliphatic rings. The molecular weight excluding hydrogens is 259 g/mol. The van der Waals surface area contributed by atoms with Crippen LogP contribution in [0, 0.1) is 6.92 Å². The van der Waals surface area contributed by atoms with Crippen molar-refractivity contribution in [1.29, 1.82) is 0 Å². The summed E-state index contributed by atoms with van der Waals surface area (Å²) in [5.41, 5.74) is 1.48. The molecule has 1 aromatic carbocycles. The van der Waals surface area contributed by atoms with Gasteiger partial charge in [-0.15, -0.1) is 0 Å². The Hall–Kier alpha value is 0.526. The van der Waals surface area contributed by atoms with E-state index in [2.05, 4.69) is 44.2 Å². The van der Waals surface area contributed by atoms with Gasteiger partial charge in [0.1, 0.15) is 5.78 Å². The van der Waals surface area contributed by atoms with Crippen molar-refractivity contribution in [2.24, 2.45) is 0 Å². The molecule has 0 unspecified atom stereocenters. The summed E-state index contributed by atoms with van der Waals surface area (Å²) in [6.45, 7) is 7.33. The summed E-state index contributed by atoms with van der Waals surface area (Å²) in [6.07, 6.45) is 8.04. The first-order chi connectivity index (χ1) is 8.70. The molecule has 0 heterocycles. The number of rotatable bonds is 7. The van der Waals surface area contributed by atoms with E-state index >= 15 is 0 Å². The van der Waals surface area contributed by atoms with E-state index in [0.717, 1.165) is 6.42 Å². The molecule has 0 amide bonds. The number of carbonyl (C=O) groups excluding carboxylic acids is 1. The maximum atomic E-state index is 10.0. The van der Waals surface area contributed by atoms with Gasteiger partial charge in [-0.3, -0.25) is 0 Å². The van der Waals surface area contributed by atoms with Gasteiger partial charge in [0.25, 0.3) is 0 Å². The van der Waals surface area contributed by atoms with Crippen molar-refractivity contribution in [3.05, 3.63) is 42.8 Å². The molecule has 1 aromatic rings. The summed E-state index contributed by atoms with van der Waals surface area (Å²) in [5, 5.41) is 0. The van der Waals surface area contributed by atoms with Crippen molar-refractivity contribution < 1.29 is 56.2 Å². The van der Waals surface area contributed by atoms with E-state index in [1.54, 1.807) is 6.92 Å². The van der Waals surface area contributed by atoms with Gasteiger partial charge in [0.2, 0.25) is 0 Å². The molecule has 0 N–H and O–H groups in total. The Balaban J connectivity index is 0. The van der Waals surface area contributed by atoms with Crippen molar-refractivity contribution in [2.45, 2.75) is 58.8 Å². The normalized spacial score (nSPS) is 9.00. The summed E-state index contributed by atoms with van der Waals surface area (Å²) in [5.74, 6) is 0.227. The van der Waals surface area contributed by atoms with Gasteiger partial charge in [0.15, 0.2) is 0 Å². The zero-order valence-corrected chi connectivity index (χ0v) is 16.1. The molecule has 2 heteroatoms. The number of carbonyl (C=O) groups is 1. The van der Waals surface area contributed by atoms with Gasteiger partial charge in [-0.25, -0.2) is 0 Å². The third-order valence-corrected chi connectivity index (χ3v) is 2.69. The van der Waals surface area contributed by atoms with Gasteiger partial charge < -0.3 is 11.7 Å². The molecule has 0 bridgehead atoms. The molecule has 0 aliphatic heterocycles. The standard InChI is InChI=1S/C12H18.C5H9O.K/c1-2-3-4-6-9-12-10-7-5-8-11-12;1-3-4-5(2)6;/h5,7-8,10-11H,2-4,6,9H2,1H3;1,3-4H2,2H3;/q;-1;+1. The maximum absolute atomic E-state index is 10.0. The second-order valence-corrected chi connectivity index (χ2v) is 4.60. The van der Waals surface area contributed by atoms with Crippen LogP contribution in [0.1, 0.15) is 57.9 Å². The average molecular weight is 286 g/mol. The molecule has 1 rings (SSSR count). The average Bonchev–Trinajstić information content (AvgIpc) is 2.37. The molecule has 0 spiro atoms. The fourth-order valence-corrected chi connectivity index (χ4v) is 1.65. The topological polar surface area (TPSA) is 17.1 Å². The van der Waals surface area contributed by atoms with Gasteiger partial charge in [-0.1, -0.05) is 56.5 Å². The molecule has 0 aliphatic carbocycles. The number of ketones is 1. The molecule has 0 radical (unpaired) electrons. The van der Waals surface area contributed by atoms with Crippen LogP contribution in [0.15, 0.2) is 30.3 Å². The van der Waals surface area contributed by atoms with E-state index in [-0.39, 0.29) is 57.2 Å². The van der Waals surface area contributed by atoms with Crippen LogP contribution < -0.4 is 51.4 Å². The van der Waals surface area contributed by atoms with Crippen LogP contribution in [0.3, 0.4) is 0 Å². The summed E-state index contributed by atoms with van der Waals surface area (Å²) < 4.78 is 0. The molecule has 1 nitrogen and oxygen atoms in total. The summed E-state index contributed by atoms with van der Waals surface area (Å²) in [7, 11) is 0. The Bertz CT molecular complexity index is 295. The fourth-order valence-electron chi connectivity index (χ4n) is 1.65. The van der Waals surface area contributed by atoms with Crippen LogP contribution in [-0.4, -0.2) is 5.78 Å². The SMILES string of the molecule is CCCCCCc1ccccc1.[CH2-]CCC(C)=O.[K+]. The van der Waals surface area contributed by atoms with Crippen molar-refractivity contribution in [3.63, 3.8) is 0 Å². The number of aryl methyl sites for hydroxylation is 1. The number of hydrogen-bond acceptors (Lipinski definition) is 1. The van der Waals surface area contributed by atoms with Gasteiger partial charge >= 0.3 is 51.4 Å². The van der Waals surface area contributed by atoms with Gasteiger partial charge in [-0.2, -0.15) is 6.42 Å². The first-order valence-electron chi connectivity index (χ1n) is 7.03. The molecule has 102 valence electrons. The summed E-state index contributed by atoms with van der Waals surface area (Å²) in [6, 6.07) is 10.7. The van der Waals surface area contributed by atoms with Crippen LogP contribution >= 0.6 is 0 Å². The fraction of sp³-hybridized carbons (Fsp3) is 0.529. The molecule has 0 fully saturated rings. The summed E-state index contributed by atoms with van der Waals surface area (Å²) >= 11 is 0. The van der Waals surface area contributed by atoms with Crippen molar-refractivity contribution in [1.82, 2.24) is 0 Å². The van der Waals surface area contributed by atoms with E-state index in [0.29, 0.717) is 6.42 Å².